The molecule has 1 unspecified atom stereocenters. The third kappa shape index (κ3) is 4.73. The normalized spacial score (nSPS) is 25.9. The SMILES string of the molecule is CC[C@H]1CN2CC[C@H]1C[C@H]2[C@H](O)c1cc(OCCN(CC)CC)nc2ccc(OC)cc12. The highest BCUT2D eigenvalue weighted by Gasteiger charge is 2.42. The summed E-state index contributed by atoms with van der Waals surface area (Å²) in [7, 11) is 1.67. The highest BCUT2D eigenvalue weighted by Crippen LogP contribution is 2.43. The molecule has 0 spiro atoms. The number of fused-ring (bicyclic) bond motifs is 4. The Balaban J connectivity index is 1.62. The molecule has 0 amide bonds. The number of aromatic nitrogens is 1. The van der Waals surface area contributed by atoms with E-state index in [1.165, 1.54) is 12.8 Å². The molecule has 0 aliphatic carbocycles. The van der Waals surface area contributed by atoms with Crippen LogP contribution >= 0.6 is 0 Å². The van der Waals surface area contributed by atoms with Crippen molar-refractivity contribution in [1.29, 1.82) is 0 Å². The molecule has 2 aromatic rings. The van der Waals surface area contributed by atoms with E-state index < -0.39 is 6.10 Å². The van der Waals surface area contributed by atoms with Crippen LogP contribution in [0.2, 0.25) is 0 Å². The summed E-state index contributed by atoms with van der Waals surface area (Å²) >= 11 is 0. The van der Waals surface area contributed by atoms with Crippen molar-refractivity contribution in [3.8, 4) is 11.6 Å². The first-order chi connectivity index (χ1) is 15.6. The van der Waals surface area contributed by atoms with Gasteiger partial charge in [-0.25, -0.2) is 4.98 Å². The van der Waals surface area contributed by atoms with Gasteiger partial charge in [-0.3, -0.25) is 4.90 Å². The average molecular weight is 442 g/mol. The minimum absolute atomic E-state index is 0.150. The number of ether oxygens (including phenoxy) is 2. The van der Waals surface area contributed by atoms with Gasteiger partial charge in [-0.15, -0.1) is 0 Å². The topological polar surface area (TPSA) is 58.1 Å². The van der Waals surface area contributed by atoms with Crippen LogP contribution in [-0.4, -0.2) is 72.4 Å². The number of rotatable bonds is 10. The molecule has 2 bridgehead atoms. The van der Waals surface area contributed by atoms with Crippen LogP contribution in [0.3, 0.4) is 0 Å². The van der Waals surface area contributed by atoms with E-state index in [9.17, 15) is 5.11 Å². The molecule has 1 aromatic carbocycles. The molecule has 1 aromatic heterocycles. The number of benzene rings is 1. The Morgan fingerprint density at radius 1 is 1.22 bits per heavy atom. The smallest absolute Gasteiger partial charge is 0.214 e. The summed E-state index contributed by atoms with van der Waals surface area (Å²) in [6.45, 7) is 12.3. The Morgan fingerprint density at radius 2 is 2.03 bits per heavy atom. The lowest BCUT2D eigenvalue weighted by Gasteiger charge is -2.51. The highest BCUT2D eigenvalue weighted by atomic mass is 16.5. The molecule has 4 heterocycles. The lowest BCUT2D eigenvalue weighted by molar-refractivity contribution is -0.0562. The van der Waals surface area contributed by atoms with Crippen LogP contribution in [0.4, 0.5) is 0 Å². The van der Waals surface area contributed by atoms with Crippen LogP contribution in [-0.2, 0) is 0 Å². The van der Waals surface area contributed by atoms with Crippen LogP contribution in [0.5, 0.6) is 11.6 Å². The fraction of sp³-hybridized carbons (Fsp3) is 0.654. The van der Waals surface area contributed by atoms with Gasteiger partial charge in [0.1, 0.15) is 12.4 Å². The molecule has 3 aliphatic heterocycles. The summed E-state index contributed by atoms with van der Waals surface area (Å²) in [5.74, 6) is 2.85. The molecule has 3 saturated heterocycles. The number of likely N-dealkylation sites (N-methyl/N-ethyl adjacent to an activating group) is 1. The maximum Gasteiger partial charge on any atom is 0.214 e. The molecule has 176 valence electrons. The number of hydrogen-bond donors (Lipinski definition) is 1. The number of aliphatic hydroxyl groups excluding tert-OH is 1. The van der Waals surface area contributed by atoms with Crippen LogP contribution < -0.4 is 9.47 Å². The third-order valence-corrected chi connectivity index (χ3v) is 7.72. The largest absolute Gasteiger partial charge is 0.497 e. The van der Waals surface area contributed by atoms with Gasteiger partial charge in [-0.1, -0.05) is 27.2 Å². The van der Waals surface area contributed by atoms with E-state index in [0.717, 1.165) is 73.2 Å². The van der Waals surface area contributed by atoms with Crippen LogP contribution in [0.1, 0.15) is 51.7 Å². The van der Waals surface area contributed by atoms with E-state index >= 15 is 0 Å². The molecule has 3 aliphatic rings. The van der Waals surface area contributed by atoms with Gasteiger partial charge >= 0.3 is 0 Å². The first-order valence-corrected chi connectivity index (χ1v) is 12.3. The number of hydrogen-bond acceptors (Lipinski definition) is 6. The van der Waals surface area contributed by atoms with Gasteiger partial charge < -0.3 is 19.5 Å². The van der Waals surface area contributed by atoms with E-state index in [1.54, 1.807) is 7.11 Å². The van der Waals surface area contributed by atoms with Gasteiger partial charge in [-0.05, 0) is 68.1 Å². The van der Waals surface area contributed by atoms with Gasteiger partial charge in [0.2, 0.25) is 5.88 Å². The van der Waals surface area contributed by atoms with Gasteiger partial charge in [0.05, 0.1) is 18.7 Å². The van der Waals surface area contributed by atoms with Crippen molar-refractivity contribution in [2.24, 2.45) is 11.8 Å². The average Bonchev–Trinajstić information content (AvgIpc) is 2.85. The van der Waals surface area contributed by atoms with Crippen LogP contribution in [0.25, 0.3) is 10.9 Å². The van der Waals surface area contributed by atoms with E-state index in [-0.39, 0.29) is 6.04 Å². The summed E-state index contributed by atoms with van der Waals surface area (Å²) in [5, 5.41) is 12.6. The fourth-order valence-corrected chi connectivity index (χ4v) is 5.65. The Morgan fingerprint density at radius 3 is 2.69 bits per heavy atom. The van der Waals surface area contributed by atoms with Crippen molar-refractivity contribution < 1.29 is 14.6 Å². The van der Waals surface area contributed by atoms with E-state index in [2.05, 4.69) is 30.6 Å². The van der Waals surface area contributed by atoms with E-state index in [1.807, 2.05) is 24.3 Å². The highest BCUT2D eigenvalue weighted by molar-refractivity contribution is 5.84. The quantitative estimate of drug-likeness (QED) is 0.599. The minimum Gasteiger partial charge on any atom is -0.497 e. The fourth-order valence-electron chi connectivity index (χ4n) is 5.65. The summed E-state index contributed by atoms with van der Waals surface area (Å²) in [4.78, 5) is 9.58. The number of methoxy groups -OCH3 is 1. The van der Waals surface area contributed by atoms with Crippen molar-refractivity contribution in [2.45, 2.75) is 52.2 Å². The monoisotopic (exact) mass is 441 g/mol. The minimum atomic E-state index is -0.571. The Kier molecular flexibility index (Phi) is 7.54. The van der Waals surface area contributed by atoms with Crippen LogP contribution in [0, 0.1) is 11.8 Å². The third-order valence-electron chi connectivity index (χ3n) is 7.72. The van der Waals surface area contributed by atoms with Gasteiger partial charge in [0.25, 0.3) is 0 Å². The molecule has 0 radical (unpaired) electrons. The first kappa shape index (κ1) is 23.3. The van der Waals surface area contributed by atoms with Crippen molar-refractivity contribution in [2.75, 3.05) is 46.4 Å². The second kappa shape index (κ2) is 10.4. The Bertz CT molecular complexity index is 901. The number of aliphatic hydroxyl groups is 1. The lowest BCUT2D eigenvalue weighted by atomic mass is 9.72. The molecule has 3 fully saturated rings. The molecular weight excluding hydrogens is 402 g/mol. The van der Waals surface area contributed by atoms with Gasteiger partial charge in [0.15, 0.2) is 0 Å². The molecule has 6 heteroatoms. The van der Waals surface area contributed by atoms with E-state index in [4.69, 9.17) is 14.5 Å². The lowest BCUT2D eigenvalue weighted by Crippen LogP contribution is -2.55. The zero-order valence-corrected chi connectivity index (χ0v) is 20.1. The number of pyridine rings is 1. The number of piperidine rings is 3. The maximum atomic E-state index is 11.6. The van der Waals surface area contributed by atoms with Crippen molar-refractivity contribution >= 4 is 10.9 Å². The molecule has 6 nitrogen and oxygen atoms in total. The molecule has 0 saturated carbocycles. The maximum absolute atomic E-state index is 11.6. The predicted molar refractivity (Wildman–Crippen MR) is 128 cm³/mol. The Hall–Kier alpha value is -1.89. The second-order valence-corrected chi connectivity index (χ2v) is 9.27. The molecule has 5 rings (SSSR count). The summed E-state index contributed by atoms with van der Waals surface area (Å²) in [6, 6.07) is 7.98. The van der Waals surface area contributed by atoms with Crippen LogP contribution in [0.15, 0.2) is 24.3 Å². The summed E-state index contributed by atoms with van der Waals surface area (Å²) in [6.07, 6.45) is 2.97. The summed E-state index contributed by atoms with van der Waals surface area (Å²) < 4.78 is 11.5. The van der Waals surface area contributed by atoms with Crippen molar-refractivity contribution in [1.82, 2.24) is 14.8 Å². The van der Waals surface area contributed by atoms with Gasteiger partial charge in [-0.2, -0.15) is 0 Å². The second-order valence-electron chi connectivity index (χ2n) is 9.27. The Labute approximate surface area is 192 Å². The summed E-state index contributed by atoms with van der Waals surface area (Å²) in [5.41, 5.74) is 1.74. The predicted octanol–water partition coefficient (Wildman–Crippen LogP) is 4.12. The standard InChI is InChI=1S/C26H39N3O3/c1-5-18-17-29-11-10-19(18)14-24(29)26(30)22-16-25(32-13-12-28(6-2)7-3)27-23-9-8-20(31-4)15-21(22)23/h8-9,15-16,18-19,24,26,30H,5-7,10-14,17H2,1-4H3/t18-,19-,24-,26+/m0/s1. The molecule has 32 heavy (non-hydrogen) atoms. The van der Waals surface area contributed by atoms with E-state index in [0.29, 0.717) is 12.5 Å². The van der Waals surface area contributed by atoms with Crippen molar-refractivity contribution in [3.05, 3.63) is 29.8 Å². The molecule has 5 atom stereocenters. The molecule has 1 N–H and O–H groups in total. The first-order valence-electron chi connectivity index (χ1n) is 12.3. The number of nitrogens with zero attached hydrogens (tertiary/aromatic N) is 3. The zero-order valence-electron chi connectivity index (χ0n) is 20.1. The van der Waals surface area contributed by atoms with Crippen molar-refractivity contribution in [3.63, 3.8) is 0 Å². The molecular formula is C26H39N3O3. The van der Waals surface area contributed by atoms with Gasteiger partial charge in [0, 0.05) is 30.6 Å². The zero-order chi connectivity index (χ0) is 22.7.